The Hall–Kier alpha value is -2.82. The van der Waals surface area contributed by atoms with Crippen LogP contribution in [0.1, 0.15) is 39.8 Å². The quantitative estimate of drug-likeness (QED) is 0.570. The van der Waals surface area contributed by atoms with E-state index in [2.05, 4.69) is 5.32 Å². The number of carbonyl (C=O) groups is 2. The highest BCUT2D eigenvalue weighted by Gasteiger charge is 2.60. The molecule has 2 N–H and O–H groups in total. The summed E-state index contributed by atoms with van der Waals surface area (Å²) in [5, 5.41) is 12.9. The Bertz CT molecular complexity index is 1240. The minimum atomic E-state index is -0.975. The number of methoxy groups -OCH3 is 1. The summed E-state index contributed by atoms with van der Waals surface area (Å²) in [7, 11) is 3.16. The molecule has 1 fully saturated rings. The number of hydrogen-bond donors (Lipinski definition) is 2. The van der Waals surface area contributed by atoms with Crippen molar-refractivity contribution in [3.63, 3.8) is 0 Å². The van der Waals surface area contributed by atoms with E-state index in [9.17, 15) is 23.9 Å². The Kier molecular flexibility index (Phi) is 7.68. The maximum absolute atomic E-state index is 14.6. The van der Waals surface area contributed by atoms with E-state index in [4.69, 9.17) is 21.1 Å². The molecule has 0 saturated heterocycles. The van der Waals surface area contributed by atoms with Gasteiger partial charge in [-0.05, 0) is 19.4 Å². The second-order valence-corrected chi connectivity index (χ2v) is 8.90. The molecule has 1 aliphatic heterocycles. The molecule has 1 spiro atoms. The Morgan fingerprint density at radius 3 is 2.74 bits per heavy atom. The standard InChI is InChI=1S/C23H25ClFN3O6.ClH/c1-4-34-15-6-5-12(17(25)16(15)24)8-26-21(31)14-9-28-18(20(30)19(14)29)22(32)27(2)11-23(28)7-13(23)10-33-3;/h5-6,9,13,30H,4,7-8,10-11H2,1-3H3,(H,26,31);1H/t13-,23-;/m1./s1. The largest absolute Gasteiger partial charge is 0.503 e. The number of fused-ring (bicyclic) bond motifs is 2. The van der Waals surface area contributed by atoms with Crippen LogP contribution >= 0.6 is 24.0 Å². The third kappa shape index (κ3) is 4.46. The van der Waals surface area contributed by atoms with Crippen LogP contribution in [0, 0.1) is 11.7 Å². The summed E-state index contributed by atoms with van der Waals surface area (Å²) in [6, 6.07) is 2.91. The Labute approximate surface area is 212 Å². The molecule has 1 aliphatic carbocycles. The number of nitrogens with zero attached hydrogens (tertiary/aromatic N) is 2. The number of rotatable bonds is 7. The number of pyridine rings is 1. The van der Waals surface area contributed by atoms with Crippen LogP contribution in [0.5, 0.6) is 11.5 Å². The van der Waals surface area contributed by atoms with Crippen molar-refractivity contribution in [2.75, 3.05) is 33.9 Å². The number of likely N-dealkylation sites (N-methyl/N-ethyl adjacent to an activating group) is 1. The highest BCUT2D eigenvalue weighted by atomic mass is 35.5. The van der Waals surface area contributed by atoms with E-state index in [-0.39, 0.29) is 52.5 Å². The smallest absolute Gasteiger partial charge is 0.274 e. The van der Waals surface area contributed by atoms with Gasteiger partial charge in [-0.1, -0.05) is 17.7 Å². The lowest BCUT2D eigenvalue weighted by atomic mass is 10.0. The van der Waals surface area contributed by atoms with Gasteiger partial charge in [0, 0.05) is 44.9 Å². The number of carbonyl (C=O) groups excluding carboxylic acids is 2. The highest BCUT2D eigenvalue weighted by molar-refractivity contribution is 6.32. The Morgan fingerprint density at radius 1 is 1.37 bits per heavy atom. The fraction of sp³-hybridized carbons (Fsp3) is 0.435. The molecule has 190 valence electrons. The molecule has 0 unspecified atom stereocenters. The molecule has 2 atom stereocenters. The number of aromatic nitrogens is 1. The van der Waals surface area contributed by atoms with E-state index in [1.54, 1.807) is 21.1 Å². The van der Waals surface area contributed by atoms with Crippen molar-refractivity contribution < 1.29 is 28.6 Å². The number of nitrogens with one attached hydrogen (secondary N) is 1. The van der Waals surface area contributed by atoms with Crippen molar-refractivity contribution in [1.82, 2.24) is 14.8 Å². The lowest BCUT2D eigenvalue weighted by molar-refractivity contribution is 0.0664. The minimum Gasteiger partial charge on any atom is -0.503 e. The first-order valence-electron chi connectivity index (χ1n) is 10.8. The lowest BCUT2D eigenvalue weighted by Gasteiger charge is -2.35. The van der Waals surface area contributed by atoms with Crippen molar-refractivity contribution in [2.24, 2.45) is 5.92 Å². The number of benzene rings is 1. The molecule has 1 aromatic carbocycles. The van der Waals surface area contributed by atoms with Crippen LogP contribution in [0.2, 0.25) is 5.02 Å². The number of aromatic hydroxyl groups is 1. The molecular formula is C23H26Cl2FN3O6. The maximum Gasteiger partial charge on any atom is 0.274 e. The zero-order valence-electron chi connectivity index (χ0n) is 19.4. The van der Waals surface area contributed by atoms with Gasteiger partial charge in [0.1, 0.15) is 16.3 Å². The van der Waals surface area contributed by atoms with Crippen LogP contribution in [-0.4, -0.2) is 60.3 Å². The van der Waals surface area contributed by atoms with Crippen LogP contribution in [0.15, 0.2) is 23.1 Å². The maximum atomic E-state index is 14.6. The molecule has 35 heavy (non-hydrogen) atoms. The van der Waals surface area contributed by atoms with Crippen LogP contribution in [0.3, 0.4) is 0 Å². The van der Waals surface area contributed by atoms with Gasteiger partial charge in [-0.3, -0.25) is 14.4 Å². The van der Waals surface area contributed by atoms with Crippen LogP contribution in [-0.2, 0) is 16.8 Å². The van der Waals surface area contributed by atoms with Gasteiger partial charge in [0.2, 0.25) is 5.43 Å². The fourth-order valence-corrected chi connectivity index (χ4v) is 4.81. The summed E-state index contributed by atoms with van der Waals surface area (Å²) in [4.78, 5) is 39.8. The normalized spacial score (nSPS) is 20.3. The van der Waals surface area contributed by atoms with Crippen molar-refractivity contribution in [3.8, 4) is 11.5 Å². The highest BCUT2D eigenvalue weighted by Crippen LogP contribution is 2.53. The number of amides is 2. The van der Waals surface area contributed by atoms with Crippen molar-refractivity contribution in [3.05, 3.63) is 56.2 Å². The van der Waals surface area contributed by atoms with Crippen LogP contribution < -0.4 is 15.5 Å². The molecule has 2 amide bonds. The van der Waals surface area contributed by atoms with Crippen molar-refractivity contribution >= 4 is 35.8 Å². The van der Waals surface area contributed by atoms with Crippen LogP contribution in [0.25, 0.3) is 0 Å². The van der Waals surface area contributed by atoms with Crippen LogP contribution in [0.4, 0.5) is 4.39 Å². The molecule has 2 aliphatic rings. The summed E-state index contributed by atoms with van der Waals surface area (Å²) in [5.74, 6) is -2.63. The molecule has 12 heteroatoms. The molecule has 1 saturated carbocycles. The molecule has 2 aromatic rings. The minimum absolute atomic E-state index is 0. The van der Waals surface area contributed by atoms with Crippen molar-refractivity contribution in [2.45, 2.75) is 25.4 Å². The molecule has 2 heterocycles. The van der Waals surface area contributed by atoms with E-state index >= 15 is 0 Å². The van der Waals surface area contributed by atoms with E-state index < -0.39 is 34.3 Å². The first kappa shape index (κ1) is 26.8. The molecule has 0 bridgehead atoms. The van der Waals surface area contributed by atoms with E-state index in [1.807, 2.05) is 0 Å². The van der Waals surface area contributed by atoms with Gasteiger partial charge >= 0.3 is 0 Å². The number of halogens is 3. The van der Waals surface area contributed by atoms with Gasteiger partial charge in [-0.25, -0.2) is 4.39 Å². The third-order valence-electron chi connectivity index (χ3n) is 6.40. The average molecular weight is 530 g/mol. The van der Waals surface area contributed by atoms with E-state index in [1.165, 1.54) is 27.8 Å². The molecule has 9 nitrogen and oxygen atoms in total. The monoisotopic (exact) mass is 529 g/mol. The zero-order chi connectivity index (χ0) is 24.8. The van der Waals surface area contributed by atoms with Gasteiger partial charge < -0.3 is 29.4 Å². The molecule has 0 radical (unpaired) electrons. The molecule has 4 rings (SSSR count). The third-order valence-corrected chi connectivity index (χ3v) is 6.75. The summed E-state index contributed by atoms with van der Waals surface area (Å²) >= 11 is 5.99. The topological polar surface area (TPSA) is 110 Å². The average Bonchev–Trinajstić information content (AvgIpc) is 3.49. The van der Waals surface area contributed by atoms with Gasteiger partial charge in [0.15, 0.2) is 17.3 Å². The van der Waals surface area contributed by atoms with E-state index in [0.29, 0.717) is 26.2 Å². The first-order valence-corrected chi connectivity index (χ1v) is 11.1. The number of hydrogen-bond acceptors (Lipinski definition) is 6. The van der Waals surface area contributed by atoms with Gasteiger partial charge in [-0.15, -0.1) is 12.4 Å². The fourth-order valence-electron chi connectivity index (χ4n) is 4.58. The predicted octanol–water partition coefficient (Wildman–Crippen LogP) is 2.54. The summed E-state index contributed by atoms with van der Waals surface area (Å²) in [6.45, 7) is 2.58. The van der Waals surface area contributed by atoms with E-state index in [0.717, 1.165) is 0 Å². The summed E-state index contributed by atoms with van der Waals surface area (Å²) in [5.41, 5.74) is -1.96. The molecule has 1 aromatic heterocycles. The summed E-state index contributed by atoms with van der Waals surface area (Å²) < 4.78 is 26.6. The SMILES string of the molecule is CCOc1ccc(CNC(=O)c2cn3c(c(O)c2=O)C(=O)N(C)C[C@@]32C[C@@H]2COC)c(F)c1Cl.Cl. The number of ether oxygens (including phenoxy) is 2. The lowest BCUT2D eigenvalue weighted by Crippen LogP contribution is -2.48. The second kappa shape index (κ2) is 10.0. The van der Waals surface area contributed by atoms with Gasteiger partial charge in [-0.2, -0.15) is 0 Å². The summed E-state index contributed by atoms with van der Waals surface area (Å²) in [6.07, 6.45) is 1.96. The first-order chi connectivity index (χ1) is 16.2. The van der Waals surface area contributed by atoms with Gasteiger partial charge in [0.25, 0.3) is 11.8 Å². The van der Waals surface area contributed by atoms with Crippen molar-refractivity contribution in [1.29, 1.82) is 0 Å². The Morgan fingerprint density at radius 2 is 2.09 bits per heavy atom. The predicted molar refractivity (Wildman–Crippen MR) is 128 cm³/mol. The Balaban J connectivity index is 0.00000342. The van der Waals surface area contributed by atoms with Gasteiger partial charge in [0.05, 0.1) is 18.8 Å². The second-order valence-electron chi connectivity index (χ2n) is 8.53. The zero-order valence-corrected chi connectivity index (χ0v) is 21.0. The molecular weight excluding hydrogens is 504 g/mol.